The third kappa shape index (κ3) is 1.66. The molecule has 3 N–H and O–H groups in total. The van der Waals surface area contributed by atoms with E-state index in [0.717, 1.165) is 0 Å². The maximum atomic E-state index is 11.8. The van der Waals surface area contributed by atoms with E-state index >= 15 is 0 Å². The summed E-state index contributed by atoms with van der Waals surface area (Å²) in [6.07, 6.45) is 1.48. The van der Waals surface area contributed by atoms with Crippen molar-refractivity contribution >= 4 is 16.9 Å². The van der Waals surface area contributed by atoms with Gasteiger partial charge in [0.25, 0.3) is 5.91 Å². The van der Waals surface area contributed by atoms with Crippen LogP contribution in [0.15, 0.2) is 22.8 Å². The molecular formula is C14H13N3O4. The maximum absolute atomic E-state index is 11.8. The number of carbonyl (C=O) groups excluding carboxylic acids is 1. The highest BCUT2D eigenvalue weighted by molar-refractivity contribution is 5.91. The van der Waals surface area contributed by atoms with Crippen molar-refractivity contribution in [1.29, 1.82) is 5.26 Å². The molecule has 7 heteroatoms. The number of amides is 1. The minimum Gasteiger partial charge on any atom is -0.507 e. The highest BCUT2D eigenvalue weighted by Gasteiger charge is 2.50. The van der Waals surface area contributed by atoms with Gasteiger partial charge in [-0.05, 0) is 13.0 Å². The zero-order valence-corrected chi connectivity index (χ0v) is 11.4. The molecule has 1 aliphatic rings. The average Bonchev–Trinajstić information content (AvgIpc) is 3.02. The molecule has 2 heterocycles. The Labute approximate surface area is 120 Å². The number of nitriles is 1. The largest absolute Gasteiger partial charge is 0.507 e. The molecule has 1 aliphatic heterocycles. The van der Waals surface area contributed by atoms with Gasteiger partial charge in [0.2, 0.25) is 0 Å². The molecule has 1 aromatic carbocycles. The molecule has 1 saturated heterocycles. The highest BCUT2D eigenvalue weighted by atomic mass is 16.5. The van der Waals surface area contributed by atoms with Gasteiger partial charge in [-0.25, -0.2) is 5.43 Å². The topological polar surface area (TPSA) is 108 Å². The van der Waals surface area contributed by atoms with Gasteiger partial charge in [-0.3, -0.25) is 10.2 Å². The number of fused-ring (bicyclic) bond motifs is 1. The quantitative estimate of drug-likeness (QED) is 0.764. The molecule has 0 bridgehead atoms. The van der Waals surface area contributed by atoms with Crippen LogP contribution in [0.5, 0.6) is 11.5 Å². The van der Waals surface area contributed by atoms with Gasteiger partial charge in [-0.1, -0.05) is 0 Å². The Morgan fingerprint density at radius 1 is 1.57 bits per heavy atom. The number of hydrazine groups is 1. The van der Waals surface area contributed by atoms with Gasteiger partial charge in [-0.15, -0.1) is 0 Å². The monoisotopic (exact) mass is 287 g/mol. The van der Waals surface area contributed by atoms with Crippen LogP contribution < -0.4 is 15.6 Å². The number of nitrogens with zero attached hydrogens (tertiary/aromatic N) is 1. The van der Waals surface area contributed by atoms with Crippen LogP contribution in [-0.2, 0) is 10.3 Å². The minimum atomic E-state index is -1.12. The summed E-state index contributed by atoms with van der Waals surface area (Å²) in [5.41, 5.74) is 4.89. The fourth-order valence-corrected chi connectivity index (χ4v) is 2.77. The lowest BCUT2D eigenvalue weighted by atomic mass is 9.80. The first-order chi connectivity index (χ1) is 10.0. The van der Waals surface area contributed by atoms with Crippen LogP contribution in [0.25, 0.3) is 11.0 Å². The van der Waals surface area contributed by atoms with Crippen LogP contribution in [0.3, 0.4) is 0 Å². The van der Waals surface area contributed by atoms with Crippen molar-refractivity contribution in [3.63, 3.8) is 0 Å². The molecule has 1 aromatic heterocycles. The summed E-state index contributed by atoms with van der Waals surface area (Å²) < 4.78 is 10.7. The zero-order chi connectivity index (χ0) is 15.2. The Bertz CT molecular complexity index is 776. The van der Waals surface area contributed by atoms with Crippen molar-refractivity contribution in [3.8, 4) is 17.6 Å². The number of aromatic hydroxyl groups is 1. The molecule has 7 nitrogen and oxygen atoms in total. The van der Waals surface area contributed by atoms with E-state index in [9.17, 15) is 15.2 Å². The lowest BCUT2D eigenvalue weighted by molar-refractivity contribution is -0.121. The van der Waals surface area contributed by atoms with Gasteiger partial charge in [-0.2, -0.15) is 5.26 Å². The number of rotatable bonds is 2. The molecule has 21 heavy (non-hydrogen) atoms. The molecular weight excluding hydrogens is 274 g/mol. The molecule has 0 aliphatic carbocycles. The van der Waals surface area contributed by atoms with E-state index in [-0.39, 0.29) is 5.75 Å². The standard InChI is InChI=1S/C14H13N3O4/c1-14(8(6-15)13(19)16-17-14)11-9(18)5-10-7(3-4-21-10)12(11)20-2/h3-5,8,17-18H,1-2H3,(H,16,19). The van der Waals surface area contributed by atoms with Crippen molar-refractivity contribution < 1.29 is 19.1 Å². The second-order valence-electron chi connectivity index (χ2n) is 5.02. The van der Waals surface area contributed by atoms with Crippen molar-refractivity contribution in [3.05, 3.63) is 24.0 Å². The van der Waals surface area contributed by atoms with Crippen LogP contribution in [-0.4, -0.2) is 18.1 Å². The van der Waals surface area contributed by atoms with E-state index in [0.29, 0.717) is 22.3 Å². The SMILES string of the molecule is COc1c(C2(C)NNC(=O)C2C#N)c(O)cc2occc12. The summed E-state index contributed by atoms with van der Waals surface area (Å²) in [6.45, 7) is 1.66. The first kappa shape index (κ1) is 13.3. The second kappa shape index (κ2) is 4.40. The molecule has 2 atom stereocenters. The fourth-order valence-electron chi connectivity index (χ4n) is 2.77. The Morgan fingerprint density at radius 3 is 3.00 bits per heavy atom. The molecule has 3 rings (SSSR count). The lowest BCUT2D eigenvalue weighted by Gasteiger charge is -2.28. The summed E-state index contributed by atoms with van der Waals surface area (Å²) in [7, 11) is 1.46. The normalized spacial score (nSPS) is 24.8. The molecule has 0 saturated carbocycles. The summed E-state index contributed by atoms with van der Waals surface area (Å²) in [5, 5.41) is 20.3. The van der Waals surface area contributed by atoms with Gasteiger partial charge in [0.1, 0.15) is 17.1 Å². The zero-order valence-electron chi connectivity index (χ0n) is 11.4. The van der Waals surface area contributed by atoms with E-state index in [1.807, 2.05) is 6.07 Å². The third-order valence-electron chi connectivity index (χ3n) is 3.83. The summed E-state index contributed by atoms with van der Waals surface area (Å²) in [6, 6.07) is 5.10. The summed E-state index contributed by atoms with van der Waals surface area (Å²) >= 11 is 0. The molecule has 0 spiro atoms. The number of carbonyl (C=O) groups is 1. The van der Waals surface area contributed by atoms with E-state index in [1.54, 1.807) is 13.0 Å². The molecule has 0 radical (unpaired) electrons. The summed E-state index contributed by atoms with van der Waals surface area (Å²) in [4.78, 5) is 11.8. The number of phenols is 1. The first-order valence-electron chi connectivity index (χ1n) is 6.27. The smallest absolute Gasteiger partial charge is 0.253 e. The van der Waals surface area contributed by atoms with Crippen LogP contribution in [0.2, 0.25) is 0 Å². The number of furan rings is 1. The number of benzene rings is 1. The van der Waals surface area contributed by atoms with Gasteiger partial charge in [0, 0.05) is 6.07 Å². The number of ether oxygens (including phenoxy) is 1. The predicted molar refractivity (Wildman–Crippen MR) is 72.2 cm³/mol. The van der Waals surface area contributed by atoms with Gasteiger partial charge in [0.15, 0.2) is 5.92 Å². The minimum absolute atomic E-state index is 0.110. The number of hydrogen-bond acceptors (Lipinski definition) is 6. The van der Waals surface area contributed by atoms with Crippen LogP contribution >= 0.6 is 0 Å². The highest BCUT2D eigenvalue weighted by Crippen LogP contribution is 2.46. The lowest BCUT2D eigenvalue weighted by Crippen LogP contribution is -2.41. The molecule has 1 fully saturated rings. The first-order valence-corrected chi connectivity index (χ1v) is 6.27. The number of hydrogen-bond donors (Lipinski definition) is 3. The Kier molecular flexibility index (Phi) is 2.78. The molecule has 2 aromatic rings. The van der Waals surface area contributed by atoms with Crippen molar-refractivity contribution in [2.75, 3.05) is 7.11 Å². The second-order valence-corrected chi connectivity index (χ2v) is 5.02. The van der Waals surface area contributed by atoms with Crippen LogP contribution in [0.1, 0.15) is 12.5 Å². The van der Waals surface area contributed by atoms with E-state index in [1.165, 1.54) is 19.4 Å². The predicted octanol–water partition coefficient (Wildman–Crippen LogP) is 1.14. The van der Waals surface area contributed by atoms with E-state index in [4.69, 9.17) is 9.15 Å². The number of methoxy groups -OCH3 is 1. The van der Waals surface area contributed by atoms with Crippen molar-refractivity contribution in [2.45, 2.75) is 12.5 Å². The molecule has 108 valence electrons. The summed E-state index contributed by atoms with van der Waals surface area (Å²) in [5.74, 6) is -1.19. The van der Waals surface area contributed by atoms with Crippen molar-refractivity contribution in [1.82, 2.24) is 10.9 Å². The average molecular weight is 287 g/mol. The number of phenolic OH excluding ortho intramolecular Hbond substituents is 1. The molecule has 2 unspecified atom stereocenters. The Balaban J connectivity index is 2.32. The Morgan fingerprint density at radius 2 is 2.33 bits per heavy atom. The van der Waals surface area contributed by atoms with Gasteiger partial charge >= 0.3 is 0 Å². The fraction of sp³-hybridized carbons (Fsp3) is 0.286. The van der Waals surface area contributed by atoms with Crippen LogP contribution in [0, 0.1) is 17.2 Å². The van der Waals surface area contributed by atoms with Crippen molar-refractivity contribution in [2.24, 2.45) is 5.92 Å². The van der Waals surface area contributed by atoms with E-state index < -0.39 is 17.4 Å². The van der Waals surface area contributed by atoms with Crippen LogP contribution in [0.4, 0.5) is 0 Å². The molecule has 1 amide bonds. The van der Waals surface area contributed by atoms with Gasteiger partial charge in [0.05, 0.1) is 35.9 Å². The number of nitrogens with one attached hydrogen (secondary N) is 2. The third-order valence-corrected chi connectivity index (χ3v) is 3.83. The van der Waals surface area contributed by atoms with Gasteiger partial charge < -0.3 is 14.3 Å². The maximum Gasteiger partial charge on any atom is 0.253 e. The van der Waals surface area contributed by atoms with E-state index in [2.05, 4.69) is 10.9 Å². The Hall–Kier alpha value is -2.72.